The molecule has 0 aromatic heterocycles. The molecule has 150 valence electrons. The molecule has 3 rings (SSSR count). The van der Waals surface area contributed by atoms with E-state index in [1.165, 1.54) is 7.11 Å². The van der Waals surface area contributed by atoms with Crippen LogP contribution in [0.1, 0.15) is 29.3 Å². The molecule has 7 heteroatoms. The van der Waals surface area contributed by atoms with Gasteiger partial charge in [0.05, 0.1) is 30.8 Å². The lowest BCUT2D eigenvalue weighted by Gasteiger charge is -2.29. The third kappa shape index (κ3) is 4.65. The lowest BCUT2D eigenvalue weighted by atomic mass is 10.1. The molecule has 0 N–H and O–H groups in total. The normalized spacial score (nSPS) is 17.9. The molecule has 0 bridgehead atoms. The van der Waals surface area contributed by atoms with Gasteiger partial charge in [-0.3, -0.25) is 4.79 Å². The Kier molecular flexibility index (Phi) is 6.24. The maximum absolute atomic E-state index is 13.3. The number of ether oxygens (including phenoxy) is 2. The highest BCUT2D eigenvalue weighted by Gasteiger charge is 2.35. The number of amides is 1. The molecule has 2 aromatic rings. The molecule has 1 heterocycles. The van der Waals surface area contributed by atoms with Crippen molar-refractivity contribution >= 4 is 15.7 Å². The zero-order chi connectivity index (χ0) is 20.1. The second-order valence-electron chi connectivity index (χ2n) is 6.77. The summed E-state index contributed by atoms with van der Waals surface area (Å²) in [6.07, 6.45) is 0.445. The first-order chi connectivity index (χ1) is 13.4. The Morgan fingerprint density at radius 3 is 2.46 bits per heavy atom. The van der Waals surface area contributed by atoms with Gasteiger partial charge in [-0.2, -0.15) is 0 Å². The van der Waals surface area contributed by atoms with E-state index in [1.807, 2.05) is 31.2 Å². The van der Waals surface area contributed by atoms with Gasteiger partial charge in [-0.15, -0.1) is 0 Å². The van der Waals surface area contributed by atoms with Gasteiger partial charge < -0.3 is 14.4 Å². The summed E-state index contributed by atoms with van der Waals surface area (Å²) in [5, 5.41) is 0. The van der Waals surface area contributed by atoms with Crippen LogP contribution in [0.2, 0.25) is 0 Å². The zero-order valence-corrected chi connectivity index (χ0v) is 16.9. The Morgan fingerprint density at radius 2 is 1.86 bits per heavy atom. The molecule has 0 saturated carbocycles. The van der Waals surface area contributed by atoms with E-state index in [9.17, 15) is 13.2 Å². The summed E-state index contributed by atoms with van der Waals surface area (Å²) in [4.78, 5) is 15.0. The van der Waals surface area contributed by atoms with Crippen molar-refractivity contribution in [1.29, 1.82) is 0 Å². The molecule has 0 aliphatic carbocycles. The smallest absolute Gasteiger partial charge is 0.258 e. The van der Waals surface area contributed by atoms with Crippen LogP contribution in [0.4, 0.5) is 0 Å². The van der Waals surface area contributed by atoms with Crippen molar-refractivity contribution in [2.24, 2.45) is 0 Å². The number of benzene rings is 2. The number of hydrogen-bond donors (Lipinski definition) is 0. The largest absolute Gasteiger partial charge is 0.496 e. The van der Waals surface area contributed by atoms with Gasteiger partial charge >= 0.3 is 0 Å². The van der Waals surface area contributed by atoms with E-state index in [4.69, 9.17) is 9.47 Å². The molecular weight excluding hydrogens is 378 g/mol. The molecule has 1 aliphatic heterocycles. The number of carbonyl (C=O) groups excluding carboxylic acids is 1. The van der Waals surface area contributed by atoms with Gasteiger partial charge in [-0.1, -0.05) is 24.3 Å². The summed E-state index contributed by atoms with van der Waals surface area (Å²) in [6.45, 7) is 2.82. The van der Waals surface area contributed by atoms with Crippen LogP contribution in [0.25, 0.3) is 0 Å². The standard InChI is InChI=1S/C21H25NO5S/c1-3-27-18-10-8-16(9-11-18)14-22(17-12-13-28(24,25)15-17)21(23)19-6-4-5-7-20(19)26-2/h4-11,17H,3,12-15H2,1-2H3. The van der Waals surface area contributed by atoms with Crippen molar-refractivity contribution in [2.75, 3.05) is 25.2 Å². The van der Waals surface area contributed by atoms with Crippen LogP contribution < -0.4 is 9.47 Å². The van der Waals surface area contributed by atoms with Crippen molar-refractivity contribution in [3.8, 4) is 11.5 Å². The summed E-state index contributed by atoms with van der Waals surface area (Å²) in [7, 11) is -1.61. The molecule has 6 nitrogen and oxygen atoms in total. The minimum atomic E-state index is -3.12. The third-order valence-electron chi connectivity index (χ3n) is 4.83. The molecule has 0 radical (unpaired) electrons. The van der Waals surface area contributed by atoms with E-state index in [1.54, 1.807) is 29.2 Å². The number of para-hydroxylation sites is 1. The fraction of sp³-hybridized carbons (Fsp3) is 0.381. The quantitative estimate of drug-likeness (QED) is 0.711. The highest BCUT2D eigenvalue weighted by molar-refractivity contribution is 7.91. The second kappa shape index (κ2) is 8.65. The molecule has 2 aromatic carbocycles. The average molecular weight is 404 g/mol. The van der Waals surface area contributed by atoms with Gasteiger partial charge in [-0.05, 0) is 43.2 Å². The Hall–Kier alpha value is -2.54. The number of nitrogens with zero attached hydrogens (tertiary/aromatic N) is 1. The zero-order valence-electron chi connectivity index (χ0n) is 16.1. The molecule has 1 saturated heterocycles. The van der Waals surface area contributed by atoms with Crippen molar-refractivity contribution in [1.82, 2.24) is 4.90 Å². The van der Waals surface area contributed by atoms with Gasteiger partial charge in [0.25, 0.3) is 5.91 Å². The molecule has 1 fully saturated rings. The van der Waals surface area contributed by atoms with Crippen molar-refractivity contribution < 1.29 is 22.7 Å². The first-order valence-corrected chi connectivity index (χ1v) is 11.1. The average Bonchev–Trinajstić information content (AvgIpc) is 3.06. The summed E-state index contributed by atoms with van der Waals surface area (Å²) in [5.41, 5.74) is 1.34. The van der Waals surface area contributed by atoms with E-state index >= 15 is 0 Å². The summed E-state index contributed by atoms with van der Waals surface area (Å²) in [5.74, 6) is 1.11. The third-order valence-corrected chi connectivity index (χ3v) is 6.59. The Bertz CT molecular complexity index is 924. The van der Waals surface area contributed by atoms with E-state index in [0.29, 0.717) is 30.9 Å². The fourth-order valence-electron chi connectivity index (χ4n) is 3.42. The number of hydrogen-bond acceptors (Lipinski definition) is 5. The van der Waals surface area contributed by atoms with Crippen LogP contribution in [0, 0.1) is 0 Å². The predicted octanol–water partition coefficient (Wildman–Crippen LogP) is 2.92. The molecule has 1 unspecified atom stereocenters. The minimum Gasteiger partial charge on any atom is -0.496 e. The number of sulfone groups is 1. The van der Waals surface area contributed by atoms with Crippen LogP contribution in [-0.4, -0.2) is 50.5 Å². The molecular formula is C21H25NO5S. The predicted molar refractivity (Wildman–Crippen MR) is 108 cm³/mol. The van der Waals surface area contributed by atoms with E-state index in [-0.39, 0.29) is 23.5 Å². The summed E-state index contributed by atoms with van der Waals surface area (Å²) in [6, 6.07) is 14.2. The van der Waals surface area contributed by atoms with Crippen molar-refractivity contribution in [3.05, 3.63) is 59.7 Å². The minimum absolute atomic E-state index is 0.00901. The lowest BCUT2D eigenvalue weighted by molar-refractivity contribution is 0.0677. The van der Waals surface area contributed by atoms with Crippen LogP contribution in [-0.2, 0) is 16.4 Å². The first-order valence-electron chi connectivity index (χ1n) is 9.29. The Labute approximate surface area is 166 Å². The van der Waals surface area contributed by atoms with Gasteiger partial charge in [0.15, 0.2) is 9.84 Å². The lowest BCUT2D eigenvalue weighted by Crippen LogP contribution is -2.40. The molecule has 28 heavy (non-hydrogen) atoms. The molecule has 0 spiro atoms. The van der Waals surface area contributed by atoms with Crippen molar-refractivity contribution in [3.63, 3.8) is 0 Å². The van der Waals surface area contributed by atoms with Crippen LogP contribution in [0.3, 0.4) is 0 Å². The van der Waals surface area contributed by atoms with E-state index in [0.717, 1.165) is 11.3 Å². The SMILES string of the molecule is CCOc1ccc(CN(C(=O)c2ccccc2OC)C2CCS(=O)(=O)C2)cc1. The van der Waals surface area contributed by atoms with Crippen LogP contribution in [0.15, 0.2) is 48.5 Å². The summed E-state index contributed by atoms with van der Waals surface area (Å²) < 4.78 is 34.8. The first kappa shape index (κ1) is 20.2. The highest BCUT2D eigenvalue weighted by Crippen LogP contribution is 2.26. The topological polar surface area (TPSA) is 72.9 Å². The van der Waals surface area contributed by atoms with E-state index < -0.39 is 9.84 Å². The van der Waals surface area contributed by atoms with Crippen LogP contribution >= 0.6 is 0 Å². The molecule has 1 atom stereocenters. The van der Waals surface area contributed by atoms with Gasteiger partial charge in [-0.25, -0.2) is 8.42 Å². The maximum Gasteiger partial charge on any atom is 0.258 e. The monoisotopic (exact) mass is 403 g/mol. The second-order valence-corrected chi connectivity index (χ2v) is 9.00. The number of carbonyl (C=O) groups is 1. The molecule has 1 amide bonds. The molecule has 1 aliphatic rings. The summed E-state index contributed by atoms with van der Waals surface area (Å²) >= 11 is 0. The van der Waals surface area contributed by atoms with Crippen molar-refractivity contribution in [2.45, 2.75) is 25.9 Å². The van der Waals surface area contributed by atoms with Gasteiger partial charge in [0.2, 0.25) is 0 Å². The van der Waals surface area contributed by atoms with Crippen LogP contribution in [0.5, 0.6) is 11.5 Å². The van der Waals surface area contributed by atoms with Gasteiger partial charge in [0, 0.05) is 12.6 Å². The van der Waals surface area contributed by atoms with Gasteiger partial charge in [0.1, 0.15) is 11.5 Å². The maximum atomic E-state index is 13.3. The van der Waals surface area contributed by atoms with E-state index in [2.05, 4.69) is 0 Å². The highest BCUT2D eigenvalue weighted by atomic mass is 32.2. The fourth-order valence-corrected chi connectivity index (χ4v) is 5.15. The number of methoxy groups -OCH3 is 1. The Balaban J connectivity index is 1.90. The number of rotatable bonds is 7. The Morgan fingerprint density at radius 1 is 1.14 bits per heavy atom.